The zero-order valence-corrected chi connectivity index (χ0v) is 14.4. The number of aromatic nitrogens is 2. The maximum Gasteiger partial charge on any atom is 0.255 e. The van der Waals surface area contributed by atoms with Gasteiger partial charge in [0.1, 0.15) is 5.65 Å². The first-order valence-corrected chi connectivity index (χ1v) is 8.90. The van der Waals surface area contributed by atoms with Gasteiger partial charge in [-0.3, -0.25) is 9.59 Å². The summed E-state index contributed by atoms with van der Waals surface area (Å²) in [4.78, 5) is 29.6. The molecule has 2 N–H and O–H groups in total. The second-order valence-electron chi connectivity index (χ2n) is 5.88. The molecule has 0 unspecified atom stereocenters. The maximum atomic E-state index is 12.6. The van der Waals surface area contributed by atoms with E-state index < -0.39 is 0 Å². The monoisotopic (exact) mass is 352 g/mol. The first kappa shape index (κ1) is 15.7. The first-order chi connectivity index (χ1) is 12.1. The molecule has 0 saturated carbocycles. The lowest BCUT2D eigenvalue weighted by atomic mass is 10.1. The average molecular weight is 352 g/mol. The number of rotatable bonds is 2. The van der Waals surface area contributed by atoms with Gasteiger partial charge in [-0.05, 0) is 37.3 Å². The van der Waals surface area contributed by atoms with E-state index in [4.69, 9.17) is 0 Å². The van der Waals surface area contributed by atoms with E-state index in [9.17, 15) is 9.59 Å². The van der Waals surface area contributed by atoms with Gasteiger partial charge in [0.15, 0.2) is 0 Å². The fourth-order valence-corrected chi connectivity index (χ4v) is 3.69. The van der Waals surface area contributed by atoms with E-state index >= 15 is 0 Å². The van der Waals surface area contributed by atoms with E-state index in [2.05, 4.69) is 15.6 Å². The van der Waals surface area contributed by atoms with Gasteiger partial charge in [-0.2, -0.15) is 0 Å². The standard InChI is InChI=1S/C18H16N4O2S/c1-11-9-22-10-13(3-5-16(22)19-11)20-18(24)12-2-4-15-14(8-12)21-17(23)6-7-25-15/h2-5,8-10H,6-7H2,1H3,(H,20,24)(H,21,23). The Morgan fingerprint density at radius 3 is 3.04 bits per heavy atom. The quantitative estimate of drug-likeness (QED) is 0.742. The second-order valence-corrected chi connectivity index (χ2v) is 7.01. The van der Waals surface area contributed by atoms with Crippen LogP contribution >= 0.6 is 11.8 Å². The number of benzene rings is 1. The van der Waals surface area contributed by atoms with Crippen molar-refractivity contribution in [1.29, 1.82) is 0 Å². The maximum absolute atomic E-state index is 12.6. The number of carbonyl (C=O) groups is 2. The van der Waals surface area contributed by atoms with Crippen LogP contribution in [-0.4, -0.2) is 27.0 Å². The molecule has 0 saturated heterocycles. The summed E-state index contributed by atoms with van der Waals surface area (Å²) in [6.07, 6.45) is 4.21. The van der Waals surface area contributed by atoms with Crippen LogP contribution < -0.4 is 10.6 Å². The van der Waals surface area contributed by atoms with Gasteiger partial charge in [-0.25, -0.2) is 4.98 Å². The van der Waals surface area contributed by atoms with Crippen LogP contribution in [0.5, 0.6) is 0 Å². The largest absolute Gasteiger partial charge is 0.325 e. The lowest BCUT2D eigenvalue weighted by Crippen LogP contribution is -2.14. The summed E-state index contributed by atoms with van der Waals surface area (Å²) in [6, 6.07) is 9.06. The molecular formula is C18H16N4O2S. The molecule has 0 fully saturated rings. The molecule has 0 atom stereocenters. The van der Waals surface area contributed by atoms with Crippen molar-refractivity contribution in [2.24, 2.45) is 0 Å². The fraction of sp³-hybridized carbons (Fsp3) is 0.167. The molecular weight excluding hydrogens is 336 g/mol. The van der Waals surface area contributed by atoms with E-state index in [1.807, 2.05) is 41.9 Å². The number of imidazole rings is 1. The smallest absolute Gasteiger partial charge is 0.255 e. The Morgan fingerprint density at radius 1 is 1.28 bits per heavy atom. The van der Waals surface area contributed by atoms with Gasteiger partial charge in [-0.1, -0.05) is 0 Å². The summed E-state index contributed by atoms with van der Waals surface area (Å²) in [5.41, 5.74) is 3.63. The Balaban J connectivity index is 1.58. The van der Waals surface area contributed by atoms with E-state index in [1.165, 1.54) is 0 Å². The lowest BCUT2D eigenvalue weighted by Gasteiger charge is -2.10. The van der Waals surface area contributed by atoms with Crippen LogP contribution in [0.1, 0.15) is 22.5 Å². The number of hydrogen-bond acceptors (Lipinski definition) is 4. The number of nitrogens with zero attached hydrogens (tertiary/aromatic N) is 2. The Morgan fingerprint density at radius 2 is 2.16 bits per heavy atom. The van der Waals surface area contributed by atoms with Crippen LogP contribution in [0, 0.1) is 6.92 Å². The predicted octanol–water partition coefficient (Wildman–Crippen LogP) is 3.33. The highest BCUT2D eigenvalue weighted by molar-refractivity contribution is 7.99. The van der Waals surface area contributed by atoms with Crippen molar-refractivity contribution >= 4 is 40.6 Å². The minimum absolute atomic E-state index is 0.0234. The summed E-state index contributed by atoms with van der Waals surface area (Å²) < 4.78 is 1.87. The van der Waals surface area contributed by atoms with E-state index in [0.29, 0.717) is 23.4 Å². The van der Waals surface area contributed by atoms with Crippen molar-refractivity contribution < 1.29 is 9.59 Å². The summed E-state index contributed by atoms with van der Waals surface area (Å²) in [7, 11) is 0. The number of pyridine rings is 1. The van der Waals surface area contributed by atoms with Crippen molar-refractivity contribution in [3.8, 4) is 0 Å². The Bertz CT molecular complexity index is 996. The number of hydrogen-bond donors (Lipinski definition) is 2. The van der Waals surface area contributed by atoms with Crippen LogP contribution in [-0.2, 0) is 4.79 Å². The third kappa shape index (κ3) is 3.23. The SMILES string of the molecule is Cc1cn2cc(NC(=O)c3ccc4c(c3)NC(=O)CCS4)ccc2n1. The minimum atomic E-state index is -0.220. The molecule has 3 heterocycles. The van der Waals surface area contributed by atoms with Gasteiger partial charge in [0.2, 0.25) is 5.91 Å². The lowest BCUT2D eigenvalue weighted by molar-refractivity contribution is -0.115. The highest BCUT2D eigenvalue weighted by atomic mass is 32.2. The highest BCUT2D eigenvalue weighted by Gasteiger charge is 2.16. The number of carbonyl (C=O) groups excluding carboxylic acids is 2. The fourth-order valence-electron chi connectivity index (χ4n) is 2.76. The number of fused-ring (bicyclic) bond motifs is 2. The van der Waals surface area contributed by atoms with Crippen LogP contribution in [0.3, 0.4) is 0 Å². The van der Waals surface area contributed by atoms with E-state index in [0.717, 1.165) is 22.0 Å². The Kier molecular flexibility index (Phi) is 3.93. The normalized spacial score (nSPS) is 13.9. The molecule has 1 aromatic carbocycles. The van der Waals surface area contributed by atoms with Crippen molar-refractivity contribution in [1.82, 2.24) is 9.38 Å². The van der Waals surface area contributed by atoms with Crippen molar-refractivity contribution in [3.63, 3.8) is 0 Å². The third-order valence-electron chi connectivity index (χ3n) is 3.93. The van der Waals surface area contributed by atoms with Gasteiger partial charge in [0.25, 0.3) is 5.91 Å². The molecule has 0 radical (unpaired) electrons. The van der Waals surface area contributed by atoms with Crippen LogP contribution in [0.2, 0.25) is 0 Å². The number of aryl methyl sites for hydroxylation is 1. The molecule has 0 aliphatic carbocycles. The van der Waals surface area contributed by atoms with Crippen LogP contribution in [0.4, 0.5) is 11.4 Å². The molecule has 25 heavy (non-hydrogen) atoms. The molecule has 1 aliphatic heterocycles. The van der Waals surface area contributed by atoms with Crippen molar-refractivity contribution in [2.45, 2.75) is 18.2 Å². The van der Waals surface area contributed by atoms with Gasteiger partial charge in [0, 0.05) is 35.0 Å². The topological polar surface area (TPSA) is 75.5 Å². The molecule has 2 aromatic heterocycles. The van der Waals surface area contributed by atoms with E-state index in [-0.39, 0.29) is 11.8 Å². The molecule has 1 aliphatic rings. The summed E-state index contributed by atoms with van der Waals surface area (Å²) >= 11 is 1.62. The van der Waals surface area contributed by atoms with Gasteiger partial charge in [0.05, 0.1) is 17.1 Å². The number of nitrogens with one attached hydrogen (secondary N) is 2. The Hall–Kier alpha value is -2.80. The van der Waals surface area contributed by atoms with Gasteiger partial charge >= 0.3 is 0 Å². The molecule has 2 amide bonds. The summed E-state index contributed by atoms with van der Waals surface area (Å²) in [5.74, 6) is 0.501. The summed E-state index contributed by atoms with van der Waals surface area (Å²) in [5, 5.41) is 5.74. The molecule has 0 bridgehead atoms. The second kappa shape index (κ2) is 6.25. The first-order valence-electron chi connectivity index (χ1n) is 7.92. The highest BCUT2D eigenvalue weighted by Crippen LogP contribution is 2.31. The number of thioether (sulfide) groups is 1. The van der Waals surface area contributed by atoms with Crippen LogP contribution in [0.25, 0.3) is 5.65 Å². The zero-order chi connectivity index (χ0) is 17.4. The summed E-state index contributed by atoms with van der Waals surface area (Å²) in [6.45, 7) is 1.92. The molecule has 0 spiro atoms. The molecule has 7 heteroatoms. The molecule has 4 rings (SSSR count). The Labute approximate surface area is 148 Å². The predicted molar refractivity (Wildman–Crippen MR) is 98.3 cm³/mol. The van der Waals surface area contributed by atoms with Gasteiger partial charge in [-0.15, -0.1) is 11.8 Å². The third-order valence-corrected chi connectivity index (χ3v) is 5.01. The molecule has 126 valence electrons. The zero-order valence-electron chi connectivity index (χ0n) is 13.6. The molecule has 6 nitrogen and oxygen atoms in total. The van der Waals surface area contributed by atoms with Crippen molar-refractivity contribution in [2.75, 3.05) is 16.4 Å². The minimum Gasteiger partial charge on any atom is -0.325 e. The van der Waals surface area contributed by atoms with E-state index in [1.54, 1.807) is 23.9 Å². The molecule has 3 aromatic rings. The van der Waals surface area contributed by atoms with Gasteiger partial charge < -0.3 is 15.0 Å². The number of amides is 2. The number of anilines is 2. The van der Waals surface area contributed by atoms with Crippen molar-refractivity contribution in [3.05, 3.63) is 54.0 Å². The van der Waals surface area contributed by atoms with Crippen LogP contribution in [0.15, 0.2) is 47.6 Å². The average Bonchev–Trinajstić information content (AvgIpc) is 2.84.